The third kappa shape index (κ3) is 2.30. The summed E-state index contributed by atoms with van der Waals surface area (Å²) in [4.78, 5) is 6.84. The molecule has 1 fully saturated rings. The maximum Gasteiger partial charge on any atom is 0.0465 e. The van der Waals surface area contributed by atoms with Crippen LogP contribution in [0.1, 0.15) is 20.3 Å². The normalized spacial score (nSPS) is 23.8. The van der Waals surface area contributed by atoms with Gasteiger partial charge < -0.3 is 10.2 Å². The van der Waals surface area contributed by atoms with Gasteiger partial charge in [-0.3, -0.25) is 4.98 Å². The second kappa shape index (κ2) is 5.17. The van der Waals surface area contributed by atoms with Crippen LogP contribution in [-0.2, 0) is 0 Å². The van der Waals surface area contributed by atoms with Gasteiger partial charge in [-0.05, 0) is 30.9 Å². The summed E-state index contributed by atoms with van der Waals surface area (Å²) >= 11 is 0. The summed E-state index contributed by atoms with van der Waals surface area (Å²) in [5.74, 6) is 0. The zero-order chi connectivity index (χ0) is 13.2. The number of nitrogens with one attached hydrogen (secondary N) is 1. The average molecular weight is 255 g/mol. The average Bonchev–Trinajstić information content (AvgIpc) is 2.46. The van der Waals surface area contributed by atoms with E-state index in [1.807, 2.05) is 12.4 Å². The van der Waals surface area contributed by atoms with Gasteiger partial charge in [0.25, 0.3) is 0 Å². The molecule has 1 aromatic carbocycles. The predicted molar refractivity (Wildman–Crippen MR) is 80.6 cm³/mol. The standard InChI is InChI=1S/C16H21N3/c1-3-14-9-18-12(2)11-19(14)16-6-4-5-13-7-8-17-10-15(13)16/h4-8,10,12,14,18H,3,9,11H2,1-2H3. The highest BCUT2D eigenvalue weighted by atomic mass is 15.2. The molecule has 0 radical (unpaired) electrons. The minimum absolute atomic E-state index is 0.537. The summed E-state index contributed by atoms with van der Waals surface area (Å²) < 4.78 is 0. The van der Waals surface area contributed by atoms with E-state index in [4.69, 9.17) is 0 Å². The van der Waals surface area contributed by atoms with Gasteiger partial charge in [-0.2, -0.15) is 0 Å². The van der Waals surface area contributed by atoms with Gasteiger partial charge in [0, 0.05) is 48.6 Å². The number of benzene rings is 1. The predicted octanol–water partition coefficient (Wildman–Crippen LogP) is 2.81. The molecule has 1 saturated heterocycles. The Morgan fingerprint density at radius 1 is 1.37 bits per heavy atom. The molecular formula is C16H21N3. The van der Waals surface area contributed by atoms with E-state index in [9.17, 15) is 0 Å². The number of piperazine rings is 1. The van der Waals surface area contributed by atoms with Gasteiger partial charge >= 0.3 is 0 Å². The molecule has 19 heavy (non-hydrogen) atoms. The summed E-state index contributed by atoms with van der Waals surface area (Å²) in [5.41, 5.74) is 1.32. The van der Waals surface area contributed by atoms with Gasteiger partial charge in [-0.25, -0.2) is 0 Å². The molecule has 2 unspecified atom stereocenters. The van der Waals surface area contributed by atoms with Crippen molar-refractivity contribution in [3.8, 4) is 0 Å². The fourth-order valence-electron chi connectivity index (χ4n) is 2.96. The van der Waals surface area contributed by atoms with Gasteiger partial charge in [-0.1, -0.05) is 19.1 Å². The topological polar surface area (TPSA) is 28.2 Å². The number of fused-ring (bicyclic) bond motifs is 1. The first-order valence-electron chi connectivity index (χ1n) is 7.12. The molecule has 1 aliphatic rings. The Balaban J connectivity index is 2.06. The number of aromatic nitrogens is 1. The van der Waals surface area contributed by atoms with Crippen LogP contribution in [-0.4, -0.2) is 30.2 Å². The number of rotatable bonds is 2. The zero-order valence-electron chi connectivity index (χ0n) is 11.6. The van der Waals surface area contributed by atoms with E-state index in [1.54, 1.807) is 0 Å². The molecule has 2 atom stereocenters. The van der Waals surface area contributed by atoms with Crippen molar-refractivity contribution in [1.82, 2.24) is 10.3 Å². The summed E-state index contributed by atoms with van der Waals surface area (Å²) in [6.07, 6.45) is 5.02. The molecule has 0 saturated carbocycles. The van der Waals surface area contributed by atoms with Crippen LogP contribution in [0, 0.1) is 0 Å². The largest absolute Gasteiger partial charge is 0.365 e. The molecule has 2 heterocycles. The van der Waals surface area contributed by atoms with E-state index < -0.39 is 0 Å². The van der Waals surface area contributed by atoms with E-state index in [0.29, 0.717) is 12.1 Å². The molecule has 1 aliphatic heterocycles. The van der Waals surface area contributed by atoms with Gasteiger partial charge in [-0.15, -0.1) is 0 Å². The fourth-order valence-corrected chi connectivity index (χ4v) is 2.96. The van der Waals surface area contributed by atoms with E-state index >= 15 is 0 Å². The Hall–Kier alpha value is -1.61. The van der Waals surface area contributed by atoms with Crippen molar-refractivity contribution in [2.75, 3.05) is 18.0 Å². The van der Waals surface area contributed by atoms with Gasteiger partial charge in [0.05, 0.1) is 0 Å². The maximum absolute atomic E-state index is 4.30. The van der Waals surface area contributed by atoms with Crippen molar-refractivity contribution in [3.63, 3.8) is 0 Å². The molecule has 3 heteroatoms. The lowest BCUT2D eigenvalue weighted by Gasteiger charge is -2.41. The third-order valence-corrected chi connectivity index (χ3v) is 4.05. The lowest BCUT2D eigenvalue weighted by Crippen LogP contribution is -2.55. The molecule has 3 rings (SSSR count). The number of anilines is 1. The van der Waals surface area contributed by atoms with Crippen molar-refractivity contribution in [2.45, 2.75) is 32.4 Å². The van der Waals surface area contributed by atoms with E-state index in [0.717, 1.165) is 19.5 Å². The van der Waals surface area contributed by atoms with Gasteiger partial charge in [0.15, 0.2) is 0 Å². The molecule has 0 bridgehead atoms. The first-order chi connectivity index (χ1) is 9.29. The van der Waals surface area contributed by atoms with Crippen LogP contribution >= 0.6 is 0 Å². The van der Waals surface area contributed by atoms with E-state index in [2.05, 4.69) is 53.3 Å². The molecular weight excluding hydrogens is 234 g/mol. The monoisotopic (exact) mass is 255 g/mol. The Kier molecular flexibility index (Phi) is 3.38. The van der Waals surface area contributed by atoms with E-state index in [1.165, 1.54) is 16.5 Å². The van der Waals surface area contributed by atoms with Crippen LogP contribution in [0.2, 0.25) is 0 Å². The third-order valence-electron chi connectivity index (χ3n) is 4.05. The fraction of sp³-hybridized carbons (Fsp3) is 0.438. The molecule has 1 N–H and O–H groups in total. The van der Waals surface area contributed by atoms with E-state index in [-0.39, 0.29) is 0 Å². The number of pyridine rings is 1. The summed E-state index contributed by atoms with van der Waals surface area (Å²) in [5, 5.41) is 6.11. The van der Waals surface area contributed by atoms with Crippen molar-refractivity contribution in [3.05, 3.63) is 36.7 Å². The van der Waals surface area contributed by atoms with Crippen LogP contribution in [0.15, 0.2) is 36.7 Å². The summed E-state index contributed by atoms with van der Waals surface area (Å²) in [7, 11) is 0. The quantitative estimate of drug-likeness (QED) is 0.894. The molecule has 1 aromatic heterocycles. The lowest BCUT2D eigenvalue weighted by molar-refractivity contribution is 0.403. The van der Waals surface area contributed by atoms with Crippen molar-refractivity contribution in [1.29, 1.82) is 0 Å². The second-order valence-corrected chi connectivity index (χ2v) is 5.40. The Morgan fingerprint density at radius 2 is 2.26 bits per heavy atom. The molecule has 2 aromatic rings. The molecule has 0 aliphatic carbocycles. The molecule has 100 valence electrons. The van der Waals surface area contributed by atoms with Gasteiger partial charge in [0.1, 0.15) is 0 Å². The van der Waals surface area contributed by atoms with Gasteiger partial charge in [0.2, 0.25) is 0 Å². The smallest absolute Gasteiger partial charge is 0.0465 e. The Bertz CT molecular complexity index is 561. The van der Waals surface area contributed by atoms with Crippen molar-refractivity contribution >= 4 is 16.5 Å². The second-order valence-electron chi connectivity index (χ2n) is 5.40. The first-order valence-corrected chi connectivity index (χ1v) is 7.12. The highest BCUT2D eigenvalue weighted by molar-refractivity contribution is 5.93. The first kappa shape index (κ1) is 12.4. The van der Waals surface area contributed by atoms with Crippen LogP contribution in [0.25, 0.3) is 10.8 Å². The number of nitrogens with zero attached hydrogens (tertiary/aromatic N) is 2. The van der Waals surface area contributed by atoms with Crippen LogP contribution in [0.3, 0.4) is 0 Å². The number of hydrogen-bond acceptors (Lipinski definition) is 3. The summed E-state index contributed by atoms with van der Waals surface area (Å²) in [6, 6.07) is 9.73. The van der Waals surface area contributed by atoms with Crippen molar-refractivity contribution < 1.29 is 0 Å². The maximum atomic E-state index is 4.30. The minimum atomic E-state index is 0.537. The highest BCUT2D eigenvalue weighted by Crippen LogP contribution is 2.29. The van der Waals surface area contributed by atoms with Crippen LogP contribution in [0.5, 0.6) is 0 Å². The highest BCUT2D eigenvalue weighted by Gasteiger charge is 2.25. The Morgan fingerprint density at radius 3 is 3.11 bits per heavy atom. The SMILES string of the molecule is CCC1CNC(C)CN1c1cccc2ccncc12. The molecule has 0 spiro atoms. The van der Waals surface area contributed by atoms with Crippen LogP contribution < -0.4 is 10.2 Å². The molecule has 0 amide bonds. The minimum Gasteiger partial charge on any atom is -0.365 e. The lowest BCUT2D eigenvalue weighted by atomic mass is 10.0. The molecule has 3 nitrogen and oxygen atoms in total. The van der Waals surface area contributed by atoms with Crippen molar-refractivity contribution in [2.24, 2.45) is 0 Å². The summed E-state index contributed by atoms with van der Waals surface area (Å²) in [6.45, 7) is 6.64. The number of hydrogen-bond donors (Lipinski definition) is 1. The van der Waals surface area contributed by atoms with Crippen LogP contribution in [0.4, 0.5) is 5.69 Å². The zero-order valence-corrected chi connectivity index (χ0v) is 11.6. The Labute approximate surface area is 114 Å².